The van der Waals surface area contributed by atoms with E-state index in [0.29, 0.717) is 27.5 Å². The number of nitrogens with zero attached hydrogens (tertiary/aromatic N) is 1. The summed E-state index contributed by atoms with van der Waals surface area (Å²) in [5, 5.41) is 7.28. The van der Waals surface area contributed by atoms with Crippen LogP contribution in [0, 0.1) is 12.7 Å². The normalized spacial score (nSPS) is 11.9. The smallest absolute Gasteiger partial charge is 0.261 e. The van der Waals surface area contributed by atoms with Crippen molar-refractivity contribution in [3.05, 3.63) is 75.7 Å². The first kappa shape index (κ1) is 28.6. The molecule has 1 aromatic heterocycles. The first-order valence-corrected chi connectivity index (χ1v) is 12.8. The van der Waals surface area contributed by atoms with Crippen molar-refractivity contribution in [3.63, 3.8) is 0 Å². The second-order valence-corrected chi connectivity index (χ2v) is 10.6. The van der Waals surface area contributed by atoms with Crippen LogP contribution in [0.25, 0.3) is 0 Å². The van der Waals surface area contributed by atoms with Gasteiger partial charge in [0.2, 0.25) is 11.8 Å². The van der Waals surface area contributed by atoms with Crippen LogP contribution in [0.15, 0.2) is 53.9 Å². The maximum Gasteiger partial charge on any atom is 0.261 e. The summed E-state index contributed by atoms with van der Waals surface area (Å²) in [6, 6.07) is 11.3. The van der Waals surface area contributed by atoms with Gasteiger partial charge in [0.25, 0.3) is 5.91 Å². The number of benzene rings is 2. The highest BCUT2D eigenvalue weighted by Gasteiger charge is 2.35. The van der Waals surface area contributed by atoms with Crippen LogP contribution in [-0.4, -0.2) is 44.0 Å². The van der Waals surface area contributed by atoms with E-state index in [9.17, 15) is 18.8 Å². The molecule has 0 aliphatic rings. The van der Waals surface area contributed by atoms with Gasteiger partial charge >= 0.3 is 0 Å². The number of nitrogens with one attached hydrogen (secondary N) is 2. The Morgan fingerprint density at radius 1 is 1.03 bits per heavy atom. The highest BCUT2D eigenvalue weighted by atomic mass is 32.1. The Morgan fingerprint density at radius 2 is 1.74 bits per heavy atom. The van der Waals surface area contributed by atoms with Gasteiger partial charge in [-0.25, -0.2) is 4.39 Å². The number of anilines is 1. The fraction of sp³-hybridized carbons (Fsp3) is 0.321. The number of carbonyl (C=O) groups excluding carboxylic acids is 3. The molecule has 0 unspecified atom stereocenters. The molecule has 2 aromatic carbocycles. The summed E-state index contributed by atoms with van der Waals surface area (Å²) in [6.45, 7) is 6.63. The predicted molar refractivity (Wildman–Crippen MR) is 145 cm³/mol. The van der Waals surface area contributed by atoms with E-state index in [1.165, 1.54) is 42.6 Å². The minimum atomic E-state index is -1.22. The van der Waals surface area contributed by atoms with Crippen LogP contribution in [0.1, 0.15) is 47.6 Å². The Kier molecular flexibility index (Phi) is 9.11. The van der Waals surface area contributed by atoms with Crippen LogP contribution in [-0.2, 0) is 9.59 Å². The molecule has 0 bridgehead atoms. The molecule has 10 heteroatoms. The highest BCUT2D eigenvalue weighted by Crippen LogP contribution is 2.35. The molecule has 0 saturated carbocycles. The molecule has 2 N–H and O–H groups in total. The molecule has 1 heterocycles. The average Bonchev–Trinajstić information content (AvgIpc) is 3.41. The fourth-order valence-electron chi connectivity index (χ4n) is 3.78. The first-order chi connectivity index (χ1) is 17.9. The van der Waals surface area contributed by atoms with Crippen LogP contribution < -0.4 is 25.0 Å². The van der Waals surface area contributed by atoms with E-state index in [4.69, 9.17) is 9.47 Å². The van der Waals surface area contributed by atoms with E-state index in [0.717, 1.165) is 0 Å². The summed E-state index contributed by atoms with van der Waals surface area (Å²) in [6.07, 6.45) is 0. The van der Waals surface area contributed by atoms with Gasteiger partial charge in [0.15, 0.2) is 11.5 Å². The molecule has 0 aliphatic heterocycles. The molecule has 3 amide bonds. The number of hydrogen-bond donors (Lipinski definition) is 2. The number of ether oxygens (including phenoxy) is 2. The molecule has 0 spiro atoms. The van der Waals surface area contributed by atoms with Crippen LogP contribution in [0.3, 0.4) is 0 Å². The van der Waals surface area contributed by atoms with Gasteiger partial charge in [-0.3, -0.25) is 19.3 Å². The van der Waals surface area contributed by atoms with E-state index in [-0.39, 0.29) is 5.69 Å². The lowest BCUT2D eigenvalue weighted by Gasteiger charge is -2.34. The molecule has 8 nitrogen and oxygen atoms in total. The second-order valence-electron chi connectivity index (χ2n) is 9.61. The highest BCUT2D eigenvalue weighted by molar-refractivity contribution is 7.12. The van der Waals surface area contributed by atoms with Crippen molar-refractivity contribution in [2.75, 3.05) is 25.7 Å². The van der Waals surface area contributed by atoms with Crippen LogP contribution in [0.5, 0.6) is 11.5 Å². The van der Waals surface area contributed by atoms with E-state index in [1.807, 2.05) is 20.8 Å². The first-order valence-electron chi connectivity index (χ1n) is 11.9. The minimum absolute atomic E-state index is 0.160. The Morgan fingerprint density at radius 3 is 2.32 bits per heavy atom. The molecule has 3 aromatic rings. The molecule has 38 heavy (non-hydrogen) atoms. The second kappa shape index (κ2) is 12.1. The van der Waals surface area contributed by atoms with Gasteiger partial charge in [0.05, 0.1) is 25.6 Å². The van der Waals surface area contributed by atoms with E-state index in [2.05, 4.69) is 10.6 Å². The van der Waals surface area contributed by atoms with Crippen molar-refractivity contribution < 1.29 is 28.2 Å². The van der Waals surface area contributed by atoms with Crippen LogP contribution >= 0.6 is 11.3 Å². The van der Waals surface area contributed by atoms with E-state index < -0.39 is 41.7 Å². The molecule has 3 rings (SSSR count). The van der Waals surface area contributed by atoms with Crippen LogP contribution in [0.2, 0.25) is 0 Å². The molecule has 0 fully saturated rings. The molecular formula is C28H32FN3O5S. The monoisotopic (exact) mass is 541 g/mol. The maximum atomic E-state index is 14.7. The summed E-state index contributed by atoms with van der Waals surface area (Å²) in [5.41, 5.74) is 0.316. The van der Waals surface area contributed by atoms with Crippen molar-refractivity contribution in [2.24, 2.45) is 0 Å². The number of amides is 3. The summed E-state index contributed by atoms with van der Waals surface area (Å²) >= 11 is 1.24. The average molecular weight is 542 g/mol. The van der Waals surface area contributed by atoms with Crippen molar-refractivity contribution in [3.8, 4) is 11.5 Å². The lowest BCUT2D eigenvalue weighted by atomic mass is 10.00. The fourth-order valence-corrected chi connectivity index (χ4v) is 4.42. The number of hydrogen-bond acceptors (Lipinski definition) is 6. The van der Waals surface area contributed by atoms with Crippen molar-refractivity contribution in [1.29, 1.82) is 0 Å². The largest absolute Gasteiger partial charge is 0.493 e. The standard InChI is InChI=1S/C28H32FN3O5S/c1-17-9-11-19(15-20(17)29)32(24(33)16-30-26(34)23-8-7-13-38-23)25(27(35)31-28(2,3)4)18-10-12-21(36-5)22(14-18)37-6/h7-15,25H,16H2,1-6H3,(H,30,34)(H,31,35)/t25-/m1/s1. The molecule has 0 aliphatic carbocycles. The SMILES string of the molecule is COc1ccc([C@H](C(=O)NC(C)(C)C)N(C(=O)CNC(=O)c2cccs2)c2ccc(C)c(F)c2)cc1OC. The van der Waals surface area contributed by atoms with E-state index in [1.54, 1.807) is 48.7 Å². The van der Waals surface area contributed by atoms with Gasteiger partial charge in [0.1, 0.15) is 11.9 Å². The number of aryl methyl sites for hydroxylation is 1. The minimum Gasteiger partial charge on any atom is -0.493 e. The van der Waals surface area contributed by atoms with Crippen molar-refractivity contribution in [2.45, 2.75) is 39.3 Å². The number of thiophene rings is 1. The summed E-state index contributed by atoms with van der Waals surface area (Å²) in [7, 11) is 2.95. The summed E-state index contributed by atoms with van der Waals surface area (Å²) < 4.78 is 25.5. The van der Waals surface area contributed by atoms with Gasteiger partial charge < -0.3 is 20.1 Å². The maximum absolute atomic E-state index is 14.7. The zero-order chi connectivity index (χ0) is 28.0. The van der Waals surface area contributed by atoms with Crippen molar-refractivity contribution >= 4 is 34.7 Å². The van der Waals surface area contributed by atoms with Gasteiger partial charge in [-0.1, -0.05) is 18.2 Å². The van der Waals surface area contributed by atoms with Crippen LogP contribution in [0.4, 0.5) is 10.1 Å². The zero-order valence-corrected chi connectivity index (χ0v) is 23.1. The molecule has 1 atom stereocenters. The Labute approximate surface area is 225 Å². The van der Waals surface area contributed by atoms with Crippen molar-refractivity contribution in [1.82, 2.24) is 10.6 Å². The third kappa shape index (κ3) is 6.89. The third-order valence-electron chi connectivity index (χ3n) is 5.58. The van der Waals surface area contributed by atoms with Gasteiger partial charge in [-0.2, -0.15) is 0 Å². The number of halogens is 1. The van der Waals surface area contributed by atoms with E-state index >= 15 is 0 Å². The third-order valence-corrected chi connectivity index (χ3v) is 6.44. The Bertz CT molecular complexity index is 1300. The zero-order valence-electron chi connectivity index (χ0n) is 22.3. The predicted octanol–water partition coefficient (Wildman–Crippen LogP) is 4.63. The van der Waals surface area contributed by atoms with Gasteiger partial charge in [0, 0.05) is 11.2 Å². The molecule has 202 valence electrons. The molecule has 0 radical (unpaired) electrons. The number of methoxy groups -OCH3 is 2. The number of rotatable bonds is 9. The van der Waals surface area contributed by atoms with Gasteiger partial charge in [-0.05, 0) is 74.5 Å². The Balaban J connectivity index is 2.12. The van der Waals surface area contributed by atoms with Gasteiger partial charge in [-0.15, -0.1) is 11.3 Å². The quantitative estimate of drug-likeness (QED) is 0.412. The topological polar surface area (TPSA) is 97.0 Å². The molecule has 0 saturated heterocycles. The lowest BCUT2D eigenvalue weighted by Crippen LogP contribution is -2.51. The lowest BCUT2D eigenvalue weighted by molar-refractivity contribution is -0.127. The Hall–Kier alpha value is -3.92. The summed E-state index contributed by atoms with van der Waals surface area (Å²) in [4.78, 5) is 41.7. The summed E-state index contributed by atoms with van der Waals surface area (Å²) in [5.74, 6) is -1.28. The molecular weight excluding hydrogens is 509 g/mol. The number of carbonyl (C=O) groups is 3.